The molecule has 1 N–H and O–H groups in total. The highest BCUT2D eigenvalue weighted by Crippen LogP contribution is 2.47. The molecule has 0 bridgehead atoms. The molecule has 3 atom stereocenters. The number of hydrogen-bond donors (Lipinski definition) is 1. The number of nitrogens with zero attached hydrogens (tertiary/aromatic N) is 6. The van der Waals surface area contributed by atoms with Gasteiger partial charge in [-0.15, -0.1) is 0 Å². The average Bonchev–Trinajstić information content (AvgIpc) is 3.42. The van der Waals surface area contributed by atoms with Crippen molar-refractivity contribution in [2.75, 3.05) is 19.5 Å². The molecule has 1 amide bonds. The maximum Gasteiger partial charge on any atom is 0.242 e. The summed E-state index contributed by atoms with van der Waals surface area (Å²) in [5, 5.41) is 7.67. The third kappa shape index (κ3) is 3.40. The largest absolute Gasteiger partial charge is 0.493 e. The number of likely N-dealkylation sites (N-methyl/N-ethyl adjacent to an activating group) is 1. The van der Waals surface area contributed by atoms with E-state index in [1.807, 2.05) is 50.6 Å². The lowest BCUT2D eigenvalue weighted by Crippen LogP contribution is -2.39. The lowest BCUT2D eigenvalue weighted by Gasteiger charge is -2.22. The first-order valence-corrected chi connectivity index (χ1v) is 11.4. The van der Waals surface area contributed by atoms with Gasteiger partial charge in [-0.3, -0.25) is 14.4 Å². The number of methoxy groups -OCH3 is 1. The van der Waals surface area contributed by atoms with E-state index in [-0.39, 0.29) is 11.9 Å². The van der Waals surface area contributed by atoms with Crippen LogP contribution >= 0.6 is 0 Å². The molecule has 9 heteroatoms. The van der Waals surface area contributed by atoms with Gasteiger partial charge in [0, 0.05) is 36.5 Å². The highest BCUT2D eigenvalue weighted by Gasteiger charge is 2.52. The predicted molar refractivity (Wildman–Crippen MR) is 128 cm³/mol. The van der Waals surface area contributed by atoms with Gasteiger partial charge in [0.1, 0.15) is 23.2 Å². The molecule has 172 valence electrons. The van der Waals surface area contributed by atoms with Gasteiger partial charge in [-0.2, -0.15) is 5.10 Å². The van der Waals surface area contributed by atoms with E-state index in [2.05, 4.69) is 25.3 Å². The Labute approximate surface area is 196 Å². The van der Waals surface area contributed by atoms with Crippen LogP contribution in [0.5, 0.6) is 5.75 Å². The fraction of sp³-hybridized carbons (Fsp3) is 0.320. The number of hydrogen-bond acceptors (Lipinski definition) is 7. The molecule has 9 nitrogen and oxygen atoms in total. The molecule has 1 saturated heterocycles. The number of benzene rings is 1. The second kappa shape index (κ2) is 7.88. The minimum Gasteiger partial charge on any atom is -0.493 e. The van der Waals surface area contributed by atoms with Crippen molar-refractivity contribution < 1.29 is 9.53 Å². The molecule has 0 unspecified atom stereocenters. The number of carbonyl (C=O) groups excluding carboxylic acids is 1. The van der Waals surface area contributed by atoms with Gasteiger partial charge in [0.15, 0.2) is 11.6 Å². The number of ether oxygens (including phenoxy) is 1. The molecule has 2 aliphatic rings. The number of aromatic nitrogens is 5. The summed E-state index contributed by atoms with van der Waals surface area (Å²) in [6.45, 7) is 0. The fourth-order valence-corrected chi connectivity index (χ4v) is 5.04. The Morgan fingerprint density at radius 3 is 2.68 bits per heavy atom. The molecule has 2 fully saturated rings. The Bertz CT molecular complexity index is 1400. The predicted octanol–water partition coefficient (Wildman–Crippen LogP) is 3.13. The van der Waals surface area contributed by atoms with Crippen molar-refractivity contribution in [3.8, 4) is 28.3 Å². The summed E-state index contributed by atoms with van der Waals surface area (Å²) in [6, 6.07) is 12.1. The van der Waals surface area contributed by atoms with Crippen LogP contribution in [0.15, 0.2) is 48.9 Å². The molecule has 0 radical (unpaired) electrons. The van der Waals surface area contributed by atoms with E-state index >= 15 is 0 Å². The summed E-state index contributed by atoms with van der Waals surface area (Å²) in [6.07, 6.45) is 5.51. The normalized spacial score (nSPS) is 21.4. The zero-order valence-electron chi connectivity index (χ0n) is 19.3. The van der Waals surface area contributed by atoms with Gasteiger partial charge < -0.3 is 10.1 Å². The van der Waals surface area contributed by atoms with E-state index in [0.717, 1.165) is 23.2 Å². The Balaban J connectivity index is 1.43. The third-order valence-electron chi connectivity index (χ3n) is 6.90. The number of nitrogens with one attached hydrogen (secondary N) is 1. The zero-order chi connectivity index (χ0) is 23.4. The number of amides is 1. The molecule has 3 aromatic heterocycles. The standard InChI is InChI=1S/C25H25N7O2/c1-31-12-16(21(30-31)14-7-5-4-6-8-14)22-23-17(26-13-27-22)11-20(34-3)24(28-23)29-25(33)19-10-15-9-18(15)32(19)2/h4-8,11-13,15,18-19H,9-10H2,1-3H3,(H,28,29,33)/t15-,18-,19-/m1/s1. The van der Waals surface area contributed by atoms with Crippen LogP contribution in [0.3, 0.4) is 0 Å². The SMILES string of the molecule is COc1cc2ncnc(-c3cn(C)nc3-c3ccccc3)c2nc1NC(=O)[C@H]1C[C@H]2C[C@H]2N1C. The minimum absolute atomic E-state index is 0.0652. The van der Waals surface area contributed by atoms with Crippen LogP contribution in [-0.2, 0) is 11.8 Å². The fourth-order valence-electron chi connectivity index (χ4n) is 5.04. The number of carbonyl (C=O) groups is 1. The molecular weight excluding hydrogens is 430 g/mol. The van der Waals surface area contributed by atoms with E-state index in [1.54, 1.807) is 17.9 Å². The van der Waals surface area contributed by atoms with Crippen LogP contribution in [0.25, 0.3) is 33.5 Å². The van der Waals surface area contributed by atoms with Crippen molar-refractivity contribution in [3.63, 3.8) is 0 Å². The topological polar surface area (TPSA) is 98.1 Å². The lowest BCUT2D eigenvalue weighted by molar-refractivity contribution is -0.120. The first-order chi connectivity index (χ1) is 16.5. The molecule has 6 rings (SSSR count). The van der Waals surface area contributed by atoms with E-state index < -0.39 is 0 Å². The maximum atomic E-state index is 13.1. The van der Waals surface area contributed by atoms with Gasteiger partial charge in [0.2, 0.25) is 5.91 Å². The van der Waals surface area contributed by atoms with Gasteiger partial charge in [-0.1, -0.05) is 30.3 Å². The summed E-state index contributed by atoms with van der Waals surface area (Å²) in [4.78, 5) is 29.0. The molecule has 1 aromatic carbocycles. The first kappa shape index (κ1) is 20.7. The molecule has 0 spiro atoms. The van der Waals surface area contributed by atoms with Crippen LogP contribution in [0.1, 0.15) is 12.8 Å². The molecular formula is C25H25N7O2. The monoisotopic (exact) mass is 455 g/mol. The molecule has 4 heterocycles. The van der Waals surface area contributed by atoms with Crippen LogP contribution in [0.2, 0.25) is 0 Å². The number of pyridine rings is 1. The number of piperidine rings is 1. The van der Waals surface area contributed by atoms with E-state index in [0.29, 0.717) is 40.3 Å². The third-order valence-corrected chi connectivity index (χ3v) is 6.90. The van der Waals surface area contributed by atoms with Crippen molar-refractivity contribution in [2.45, 2.75) is 24.9 Å². The number of anilines is 1. The number of likely N-dealkylation sites (tertiary alicyclic amines) is 1. The average molecular weight is 456 g/mol. The smallest absolute Gasteiger partial charge is 0.242 e. The summed E-state index contributed by atoms with van der Waals surface area (Å²) >= 11 is 0. The second-order valence-electron chi connectivity index (χ2n) is 9.03. The van der Waals surface area contributed by atoms with E-state index in [9.17, 15) is 4.79 Å². The van der Waals surface area contributed by atoms with Crippen molar-refractivity contribution in [1.82, 2.24) is 29.6 Å². The highest BCUT2D eigenvalue weighted by molar-refractivity contribution is 5.99. The van der Waals surface area contributed by atoms with Gasteiger partial charge >= 0.3 is 0 Å². The van der Waals surface area contributed by atoms with Crippen molar-refractivity contribution in [1.29, 1.82) is 0 Å². The zero-order valence-corrected chi connectivity index (χ0v) is 19.3. The minimum atomic E-state index is -0.152. The first-order valence-electron chi connectivity index (χ1n) is 11.4. The lowest BCUT2D eigenvalue weighted by atomic mass is 10.0. The van der Waals surface area contributed by atoms with Gasteiger partial charge in [0.05, 0.1) is 18.7 Å². The van der Waals surface area contributed by atoms with Crippen LogP contribution < -0.4 is 10.1 Å². The molecule has 1 aliphatic heterocycles. The number of aryl methyl sites for hydroxylation is 1. The van der Waals surface area contributed by atoms with Crippen molar-refractivity contribution in [3.05, 3.63) is 48.9 Å². The summed E-state index contributed by atoms with van der Waals surface area (Å²) in [5.74, 6) is 1.40. The molecule has 1 saturated carbocycles. The van der Waals surface area contributed by atoms with Crippen molar-refractivity contribution >= 4 is 22.8 Å². The quantitative estimate of drug-likeness (QED) is 0.494. The Kier molecular flexibility index (Phi) is 4.80. The van der Waals surface area contributed by atoms with Gasteiger partial charge in [-0.25, -0.2) is 15.0 Å². The van der Waals surface area contributed by atoms with Gasteiger partial charge in [-0.05, 0) is 25.8 Å². The Hall–Kier alpha value is -3.85. The van der Waals surface area contributed by atoms with E-state index in [1.165, 1.54) is 12.7 Å². The molecule has 4 aromatic rings. The summed E-state index contributed by atoms with van der Waals surface area (Å²) in [7, 11) is 5.46. The van der Waals surface area contributed by atoms with Crippen LogP contribution in [0, 0.1) is 5.92 Å². The van der Waals surface area contributed by atoms with E-state index in [4.69, 9.17) is 9.72 Å². The van der Waals surface area contributed by atoms with Crippen LogP contribution in [-0.4, -0.2) is 61.8 Å². The maximum absolute atomic E-state index is 13.1. The number of rotatable bonds is 5. The van der Waals surface area contributed by atoms with Crippen LogP contribution in [0.4, 0.5) is 5.82 Å². The molecule has 1 aliphatic carbocycles. The van der Waals surface area contributed by atoms with Crippen molar-refractivity contribution in [2.24, 2.45) is 13.0 Å². The number of fused-ring (bicyclic) bond motifs is 2. The second-order valence-corrected chi connectivity index (χ2v) is 9.03. The Morgan fingerprint density at radius 1 is 1.12 bits per heavy atom. The Morgan fingerprint density at radius 2 is 1.94 bits per heavy atom. The summed E-state index contributed by atoms with van der Waals surface area (Å²) in [5.41, 5.74) is 4.47. The molecule has 34 heavy (non-hydrogen) atoms. The summed E-state index contributed by atoms with van der Waals surface area (Å²) < 4.78 is 7.31. The van der Waals surface area contributed by atoms with Gasteiger partial charge in [0.25, 0.3) is 0 Å². The highest BCUT2D eigenvalue weighted by atomic mass is 16.5.